The van der Waals surface area contributed by atoms with Crippen molar-refractivity contribution < 1.29 is 14.7 Å². The molecule has 0 fully saturated rings. The van der Waals surface area contributed by atoms with Crippen LogP contribution >= 0.6 is 23.2 Å². The summed E-state index contributed by atoms with van der Waals surface area (Å²) in [5.41, 5.74) is 8.31. The van der Waals surface area contributed by atoms with Gasteiger partial charge in [-0.1, -0.05) is 60.8 Å². The molecule has 0 heterocycles. The van der Waals surface area contributed by atoms with Gasteiger partial charge in [-0.05, 0) is 48.4 Å². The van der Waals surface area contributed by atoms with Gasteiger partial charge in [0.25, 0.3) is 0 Å². The lowest BCUT2D eigenvalue weighted by atomic mass is 9.94. The van der Waals surface area contributed by atoms with Gasteiger partial charge in [0.15, 0.2) is 0 Å². The van der Waals surface area contributed by atoms with Crippen LogP contribution in [0.4, 0.5) is 0 Å². The first kappa shape index (κ1) is 24.4. The summed E-state index contributed by atoms with van der Waals surface area (Å²) in [5, 5.41) is 17.3. The third-order valence-corrected chi connectivity index (χ3v) is 6.46. The van der Waals surface area contributed by atoms with E-state index in [-0.39, 0.29) is 36.6 Å². The smallest absolute Gasteiger partial charge is 0.237 e. The van der Waals surface area contributed by atoms with Crippen LogP contribution in [0.15, 0.2) is 36.4 Å². The van der Waals surface area contributed by atoms with Crippen LogP contribution in [0.5, 0.6) is 5.75 Å². The van der Waals surface area contributed by atoms with Crippen molar-refractivity contribution in [3.05, 3.63) is 63.1 Å². The van der Waals surface area contributed by atoms with Gasteiger partial charge in [-0.3, -0.25) is 9.59 Å². The van der Waals surface area contributed by atoms with E-state index in [1.807, 2.05) is 19.1 Å². The molecular weight excluding hydrogens is 449 g/mol. The van der Waals surface area contributed by atoms with E-state index < -0.39 is 11.9 Å². The average Bonchev–Trinajstić information content (AvgIpc) is 3.13. The van der Waals surface area contributed by atoms with Gasteiger partial charge in [0, 0.05) is 29.6 Å². The second-order valence-electron chi connectivity index (χ2n) is 8.35. The summed E-state index contributed by atoms with van der Waals surface area (Å²) in [6, 6.07) is 10.3. The first-order valence-corrected chi connectivity index (χ1v) is 11.6. The Hall–Kier alpha value is -2.28. The van der Waals surface area contributed by atoms with Crippen molar-refractivity contribution in [3.63, 3.8) is 0 Å². The minimum absolute atomic E-state index is 0.0245. The average molecular weight is 478 g/mol. The van der Waals surface area contributed by atoms with Crippen molar-refractivity contribution in [3.8, 4) is 5.75 Å². The molecule has 0 spiro atoms. The third kappa shape index (κ3) is 6.15. The molecule has 2 amide bonds. The topological polar surface area (TPSA) is 104 Å². The molecule has 172 valence electrons. The number of fused-ring (bicyclic) bond motifs is 1. The number of carbonyl (C=O) groups is 2. The maximum atomic E-state index is 13.4. The zero-order valence-corrected chi connectivity index (χ0v) is 19.5. The van der Waals surface area contributed by atoms with Crippen molar-refractivity contribution in [2.45, 2.75) is 57.7 Å². The summed E-state index contributed by atoms with van der Waals surface area (Å²) in [6.07, 6.45) is 3.10. The van der Waals surface area contributed by atoms with E-state index in [1.54, 1.807) is 6.07 Å². The fourth-order valence-electron chi connectivity index (χ4n) is 4.39. The highest BCUT2D eigenvalue weighted by Crippen LogP contribution is 2.32. The largest absolute Gasteiger partial charge is 0.508 e. The number of benzene rings is 2. The molecule has 1 aliphatic carbocycles. The monoisotopic (exact) mass is 477 g/mol. The second-order valence-corrected chi connectivity index (χ2v) is 9.19. The van der Waals surface area contributed by atoms with Crippen LogP contribution in [0.2, 0.25) is 10.0 Å². The number of nitrogens with two attached hydrogens (primary N) is 1. The summed E-state index contributed by atoms with van der Waals surface area (Å²) in [5.74, 6) is -0.635. The normalized spacial score (nSPS) is 15.2. The number of primary amides is 1. The number of amides is 2. The lowest BCUT2D eigenvalue weighted by Gasteiger charge is -2.27. The SMILES string of the molecule is CCC[C@H](CC(N)=O)NC(=O)[C@H](NCc1c(O)cc(Cl)cc1Cl)C1Cc2ccccc2C1. The number of hydrogen-bond acceptors (Lipinski definition) is 4. The minimum Gasteiger partial charge on any atom is -0.508 e. The highest BCUT2D eigenvalue weighted by molar-refractivity contribution is 6.35. The van der Waals surface area contributed by atoms with Gasteiger partial charge < -0.3 is 21.5 Å². The molecule has 2 atom stereocenters. The zero-order valence-electron chi connectivity index (χ0n) is 18.0. The molecule has 0 bridgehead atoms. The zero-order chi connectivity index (χ0) is 23.3. The molecule has 0 aromatic heterocycles. The van der Waals surface area contributed by atoms with Gasteiger partial charge in [0.1, 0.15) is 5.75 Å². The molecule has 0 unspecified atom stereocenters. The van der Waals surface area contributed by atoms with Crippen molar-refractivity contribution in [1.82, 2.24) is 10.6 Å². The van der Waals surface area contributed by atoms with Crippen molar-refractivity contribution >= 4 is 35.0 Å². The second kappa shape index (κ2) is 11.0. The molecule has 2 aromatic carbocycles. The van der Waals surface area contributed by atoms with Crippen molar-refractivity contribution in [1.29, 1.82) is 0 Å². The van der Waals surface area contributed by atoms with Crippen LogP contribution in [0, 0.1) is 5.92 Å². The fraction of sp³-hybridized carbons (Fsp3) is 0.417. The first-order valence-electron chi connectivity index (χ1n) is 10.8. The fourth-order valence-corrected chi connectivity index (χ4v) is 4.94. The number of hydrogen-bond donors (Lipinski definition) is 4. The van der Waals surface area contributed by atoms with Crippen LogP contribution in [-0.4, -0.2) is 29.0 Å². The number of nitrogens with one attached hydrogen (secondary N) is 2. The minimum atomic E-state index is -0.541. The Morgan fingerprint density at radius 3 is 2.41 bits per heavy atom. The molecule has 1 aliphatic rings. The summed E-state index contributed by atoms with van der Waals surface area (Å²) in [4.78, 5) is 24.8. The predicted octanol–water partition coefficient (Wildman–Crippen LogP) is 3.73. The van der Waals surface area contributed by atoms with E-state index in [2.05, 4.69) is 22.8 Å². The lowest BCUT2D eigenvalue weighted by Crippen LogP contribution is -2.52. The third-order valence-electron chi connectivity index (χ3n) is 5.90. The molecule has 0 aliphatic heterocycles. The van der Waals surface area contributed by atoms with Gasteiger partial charge >= 0.3 is 0 Å². The molecule has 5 N–H and O–H groups in total. The Balaban J connectivity index is 1.80. The predicted molar refractivity (Wildman–Crippen MR) is 127 cm³/mol. The summed E-state index contributed by atoms with van der Waals surface area (Å²) >= 11 is 12.2. The highest BCUT2D eigenvalue weighted by atomic mass is 35.5. The van der Waals surface area contributed by atoms with Gasteiger partial charge in [-0.2, -0.15) is 0 Å². The van der Waals surface area contributed by atoms with E-state index in [4.69, 9.17) is 28.9 Å². The number of rotatable bonds is 10. The molecule has 3 rings (SSSR count). The van der Waals surface area contributed by atoms with E-state index in [0.29, 0.717) is 22.0 Å². The van der Waals surface area contributed by atoms with Crippen LogP contribution in [0.1, 0.15) is 42.9 Å². The van der Waals surface area contributed by atoms with E-state index >= 15 is 0 Å². The van der Waals surface area contributed by atoms with E-state index in [9.17, 15) is 14.7 Å². The molecule has 6 nitrogen and oxygen atoms in total. The van der Waals surface area contributed by atoms with Crippen molar-refractivity contribution in [2.75, 3.05) is 0 Å². The Kier molecular flexibility index (Phi) is 8.40. The maximum absolute atomic E-state index is 13.4. The maximum Gasteiger partial charge on any atom is 0.237 e. The molecule has 2 aromatic rings. The Morgan fingerprint density at radius 1 is 1.19 bits per heavy atom. The van der Waals surface area contributed by atoms with Crippen molar-refractivity contribution in [2.24, 2.45) is 11.7 Å². The van der Waals surface area contributed by atoms with Gasteiger partial charge in [-0.25, -0.2) is 0 Å². The van der Waals surface area contributed by atoms with Crippen LogP contribution < -0.4 is 16.4 Å². The standard InChI is InChI=1S/C24H29Cl2N3O3/c1-2-5-18(12-22(27)31)29-24(32)23(16-8-14-6-3-4-7-15(14)9-16)28-13-19-20(26)10-17(25)11-21(19)30/h3-4,6-7,10-11,16,18,23,28,30H,2,5,8-9,12-13H2,1H3,(H2,27,31)(H,29,32)/t18-,23-/m1/s1. The summed E-state index contributed by atoms with van der Waals surface area (Å²) < 4.78 is 0. The summed E-state index contributed by atoms with van der Waals surface area (Å²) in [7, 11) is 0. The summed E-state index contributed by atoms with van der Waals surface area (Å²) in [6.45, 7) is 2.19. The van der Waals surface area contributed by atoms with Crippen LogP contribution in [0.3, 0.4) is 0 Å². The quantitative estimate of drug-likeness (QED) is 0.418. The highest BCUT2D eigenvalue weighted by Gasteiger charge is 2.34. The Labute approximate surface area is 198 Å². The Bertz CT molecular complexity index is 935. The molecule has 32 heavy (non-hydrogen) atoms. The van der Waals surface area contributed by atoms with Gasteiger partial charge in [0.2, 0.25) is 11.8 Å². The number of phenolic OH excluding ortho intramolecular Hbond substituents is 1. The van der Waals surface area contributed by atoms with E-state index in [0.717, 1.165) is 19.3 Å². The first-order chi connectivity index (χ1) is 15.3. The van der Waals surface area contributed by atoms with Crippen LogP contribution in [0.25, 0.3) is 0 Å². The molecule has 0 saturated heterocycles. The van der Waals surface area contributed by atoms with E-state index in [1.165, 1.54) is 17.2 Å². The number of halogens is 2. The molecule has 0 saturated carbocycles. The van der Waals surface area contributed by atoms with Gasteiger partial charge in [0.05, 0.1) is 11.1 Å². The lowest BCUT2D eigenvalue weighted by molar-refractivity contribution is -0.125. The number of carbonyl (C=O) groups excluding carboxylic acids is 2. The molecule has 8 heteroatoms. The number of phenols is 1. The molecular formula is C24H29Cl2N3O3. The molecule has 0 radical (unpaired) electrons. The van der Waals surface area contributed by atoms with Gasteiger partial charge in [-0.15, -0.1) is 0 Å². The van der Waals surface area contributed by atoms with Crippen LogP contribution in [-0.2, 0) is 29.0 Å². The Morgan fingerprint density at radius 2 is 1.84 bits per heavy atom. The number of aromatic hydroxyl groups is 1.